The molecular formula is C15H19ClFN3. The SMILES string of the molecule is CCc1nn(C)c(CNCCc2ccc(F)cc2)c1Cl. The van der Waals surface area contributed by atoms with Gasteiger partial charge >= 0.3 is 0 Å². The Bertz CT molecular complexity index is 563. The zero-order valence-electron chi connectivity index (χ0n) is 11.8. The minimum Gasteiger partial charge on any atom is -0.311 e. The summed E-state index contributed by atoms with van der Waals surface area (Å²) >= 11 is 6.28. The van der Waals surface area contributed by atoms with Crippen molar-refractivity contribution in [3.63, 3.8) is 0 Å². The van der Waals surface area contributed by atoms with Gasteiger partial charge in [0, 0.05) is 13.6 Å². The lowest BCUT2D eigenvalue weighted by Gasteiger charge is -2.06. The van der Waals surface area contributed by atoms with Gasteiger partial charge in [-0.25, -0.2) is 4.39 Å². The maximum Gasteiger partial charge on any atom is 0.123 e. The summed E-state index contributed by atoms with van der Waals surface area (Å²) < 4.78 is 14.6. The van der Waals surface area contributed by atoms with Crippen molar-refractivity contribution in [1.82, 2.24) is 15.1 Å². The lowest BCUT2D eigenvalue weighted by molar-refractivity contribution is 0.618. The molecule has 1 aromatic carbocycles. The molecule has 1 aromatic heterocycles. The van der Waals surface area contributed by atoms with Crippen LogP contribution in [-0.4, -0.2) is 16.3 Å². The van der Waals surface area contributed by atoms with Crippen molar-refractivity contribution in [2.45, 2.75) is 26.3 Å². The van der Waals surface area contributed by atoms with Crippen LogP contribution in [0.4, 0.5) is 4.39 Å². The second kappa shape index (κ2) is 6.86. The van der Waals surface area contributed by atoms with E-state index in [1.165, 1.54) is 12.1 Å². The molecule has 1 heterocycles. The Morgan fingerprint density at radius 2 is 2.00 bits per heavy atom. The summed E-state index contributed by atoms with van der Waals surface area (Å²) in [4.78, 5) is 0. The van der Waals surface area contributed by atoms with Gasteiger partial charge < -0.3 is 5.32 Å². The van der Waals surface area contributed by atoms with Gasteiger partial charge in [-0.2, -0.15) is 5.10 Å². The second-order valence-corrected chi connectivity index (χ2v) is 5.12. The summed E-state index contributed by atoms with van der Waals surface area (Å²) in [6.45, 7) is 3.54. The highest BCUT2D eigenvalue weighted by Crippen LogP contribution is 2.20. The molecule has 108 valence electrons. The fraction of sp³-hybridized carbons (Fsp3) is 0.400. The van der Waals surface area contributed by atoms with E-state index in [2.05, 4.69) is 10.4 Å². The molecule has 0 fully saturated rings. The van der Waals surface area contributed by atoms with Crippen LogP contribution in [0.2, 0.25) is 5.02 Å². The van der Waals surface area contributed by atoms with Crippen molar-refractivity contribution in [3.8, 4) is 0 Å². The van der Waals surface area contributed by atoms with Crippen molar-refractivity contribution in [3.05, 3.63) is 52.1 Å². The number of nitrogens with zero attached hydrogens (tertiary/aromatic N) is 2. The largest absolute Gasteiger partial charge is 0.311 e. The molecule has 0 aliphatic carbocycles. The van der Waals surface area contributed by atoms with E-state index in [4.69, 9.17) is 11.6 Å². The number of benzene rings is 1. The molecule has 0 spiro atoms. The van der Waals surface area contributed by atoms with E-state index in [9.17, 15) is 4.39 Å². The molecule has 0 atom stereocenters. The van der Waals surface area contributed by atoms with Gasteiger partial charge in [0.1, 0.15) is 5.82 Å². The van der Waals surface area contributed by atoms with E-state index in [0.29, 0.717) is 6.54 Å². The van der Waals surface area contributed by atoms with Gasteiger partial charge in [-0.3, -0.25) is 4.68 Å². The van der Waals surface area contributed by atoms with Crippen LogP contribution in [0.5, 0.6) is 0 Å². The number of halogens is 2. The Balaban J connectivity index is 1.84. The first kappa shape index (κ1) is 15.0. The maximum atomic E-state index is 12.8. The number of aryl methyl sites for hydroxylation is 2. The highest BCUT2D eigenvalue weighted by molar-refractivity contribution is 6.31. The van der Waals surface area contributed by atoms with Gasteiger partial charge in [0.15, 0.2) is 0 Å². The highest BCUT2D eigenvalue weighted by atomic mass is 35.5. The number of aromatic nitrogens is 2. The van der Waals surface area contributed by atoms with E-state index in [0.717, 1.165) is 41.4 Å². The van der Waals surface area contributed by atoms with Crippen LogP contribution in [0.15, 0.2) is 24.3 Å². The fourth-order valence-corrected chi connectivity index (χ4v) is 2.46. The number of nitrogens with one attached hydrogen (secondary N) is 1. The molecule has 20 heavy (non-hydrogen) atoms. The summed E-state index contributed by atoms with van der Waals surface area (Å²) in [5, 5.41) is 8.48. The van der Waals surface area contributed by atoms with E-state index >= 15 is 0 Å². The van der Waals surface area contributed by atoms with Gasteiger partial charge in [0.05, 0.1) is 16.4 Å². The molecule has 2 rings (SSSR count). The predicted octanol–water partition coefficient (Wildman–Crippen LogP) is 3.11. The third-order valence-electron chi connectivity index (χ3n) is 3.30. The van der Waals surface area contributed by atoms with Gasteiger partial charge in [-0.15, -0.1) is 0 Å². The molecule has 0 aliphatic heterocycles. The van der Waals surface area contributed by atoms with Gasteiger partial charge in [0.25, 0.3) is 0 Å². The lowest BCUT2D eigenvalue weighted by atomic mass is 10.1. The van der Waals surface area contributed by atoms with Gasteiger partial charge in [0.2, 0.25) is 0 Å². The normalized spacial score (nSPS) is 11.0. The van der Waals surface area contributed by atoms with E-state index in [1.807, 2.05) is 30.8 Å². The van der Waals surface area contributed by atoms with Crippen LogP contribution in [0.3, 0.4) is 0 Å². The highest BCUT2D eigenvalue weighted by Gasteiger charge is 2.11. The van der Waals surface area contributed by atoms with Crippen molar-refractivity contribution in [2.24, 2.45) is 7.05 Å². The zero-order valence-corrected chi connectivity index (χ0v) is 12.5. The van der Waals surface area contributed by atoms with Crippen molar-refractivity contribution in [2.75, 3.05) is 6.54 Å². The van der Waals surface area contributed by atoms with Crippen molar-refractivity contribution < 1.29 is 4.39 Å². The van der Waals surface area contributed by atoms with Gasteiger partial charge in [-0.05, 0) is 37.1 Å². The van der Waals surface area contributed by atoms with Crippen LogP contribution in [0.25, 0.3) is 0 Å². The average molecular weight is 296 g/mol. The van der Waals surface area contributed by atoms with E-state index < -0.39 is 0 Å². The monoisotopic (exact) mass is 295 g/mol. The maximum absolute atomic E-state index is 12.8. The molecule has 0 saturated heterocycles. The molecular weight excluding hydrogens is 277 g/mol. The van der Waals surface area contributed by atoms with Gasteiger partial charge in [-0.1, -0.05) is 30.7 Å². The Labute approximate surface area is 123 Å². The topological polar surface area (TPSA) is 29.9 Å². The molecule has 0 unspecified atom stereocenters. The summed E-state index contributed by atoms with van der Waals surface area (Å²) in [6, 6.07) is 6.59. The minimum absolute atomic E-state index is 0.199. The quantitative estimate of drug-likeness (QED) is 0.830. The Morgan fingerprint density at radius 3 is 2.60 bits per heavy atom. The predicted molar refractivity (Wildman–Crippen MR) is 79.4 cm³/mol. The Kier molecular flexibility index (Phi) is 5.15. The standard InChI is InChI=1S/C15H19ClFN3/c1-3-13-15(16)14(20(2)19-13)10-18-9-8-11-4-6-12(17)7-5-11/h4-7,18H,3,8-10H2,1-2H3. The van der Waals surface area contributed by atoms with Crippen molar-refractivity contribution >= 4 is 11.6 Å². The van der Waals surface area contributed by atoms with Crippen molar-refractivity contribution in [1.29, 1.82) is 0 Å². The van der Waals surface area contributed by atoms with Crippen LogP contribution in [0, 0.1) is 5.82 Å². The number of hydrogen-bond donors (Lipinski definition) is 1. The number of hydrogen-bond acceptors (Lipinski definition) is 2. The fourth-order valence-electron chi connectivity index (χ4n) is 2.10. The molecule has 3 nitrogen and oxygen atoms in total. The molecule has 0 aliphatic rings. The summed E-state index contributed by atoms with van der Waals surface area (Å²) in [5.41, 5.74) is 3.05. The molecule has 5 heteroatoms. The summed E-state index contributed by atoms with van der Waals surface area (Å²) in [5.74, 6) is -0.199. The van der Waals surface area contributed by atoms with E-state index in [-0.39, 0.29) is 5.82 Å². The van der Waals surface area contributed by atoms with Crippen LogP contribution in [0.1, 0.15) is 23.9 Å². The third kappa shape index (κ3) is 3.58. The van der Waals surface area contributed by atoms with Crippen LogP contribution >= 0.6 is 11.6 Å². The lowest BCUT2D eigenvalue weighted by Crippen LogP contribution is -2.18. The molecule has 0 saturated carbocycles. The first-order valence-corrected chi connectivity index (χ1v) is 7.15. The molecule has 0 amide bonds. The first-order chi connectivity index (χ1) is 9.61. The van der Waals surface area contributed by atoms with Crippen LogP contribution in [-0.2, 0) is 26.4 Å². The van der Waals surface area contributed by atoms with E-state index in [1.54, 1.807) is 0 Å². The number of rotatable bonds is 6. The summed E-state index contributed by atoms with van der Waals surface area (Å²) in [7, 11) is 1.90. The Morgan fingerprint density at radius 1 is 1.30 bits per heavy atom. The average Bonchev–Trinajstić information content (AvgIpc) is 2.72. The minimum atomic E-state index is -0.199. The zero-order chi connectivity index (χ0) is 14.5. The molecule has 2 aromatic rings. The third-order valence-corrected chi connectivity index (χ3v) is 3.74. The Hall–Kier alpha value is -1.39. The van der Waals surface area contributed by atoms with Crippen LogP contribution < -0.4 is 5.32 Å². The smallest absolute Gasteiger partial charge is 0.123 e. The first-order valence-electron chi connectivity index (χ1n) is 6.77. The molecule has 0 radical (unpaired) electrons. The molecule has 0 bridgehead atoms. The second-order valence-electron chi connectivity index (χ2n) is 4.74. The molecule has 1 N–H and O–H groups in total. The summed E-state index contributed by atoms with van der Waals surface area (Å²) in [6.07, 6.45) is 1.69.